The fourth-order valence-corrected chi connectivity index (χ4v) is 2.69. The van der Waals surface area contributed by atoms with Crippen LogP contribution in [-0.4, -0.2) is 68.3 Å². The van der Waals surface area contributed by atoms with Crippen LogP contribution in [0.25, 0.3) is 6.08 Å². The molecule has 0 radical (unpaired) electrons. The summed E-state index contributed by atoms with van der Waals surface area (Å²) < 4.78 is 15.4. The molecule has 1 heterocycles. The third kappa shape index (κ3) is 5.77. The van der Waals surface area contributed by atoms with Gasteiger partial charge in [0.2, 0.25) is 0 Å². The number of amides is 1. The predicted octanol–water partition coefficient (Wildman–Crippen LogP) is 2.41. The highest BCUT2D eigenvalue weighted by Gasteiger charge is 2.20. The molecule has 0 aromatic heterocycles. The Labute approximate surface area is 154 Å². The number of nitrogens with zero attached hydrogens (tertiary/aromatic N) is 2. The summed E-state index contributed by atoms with van der Waals surface area (Å²) in [5, 5.41) is 0. The van der Waals surface area contributed by atoms with Gasteiger partial charge in [-0.05, 0) is 24.6 Å². The summed E-state index contributed by atoms with van der Waals surface area (Å²) in [6.07, 6.45) is 3.83. The summed E-state index contributed by atoms with van der Waals surface area (Å²) in [5.41, 5.74) is 0.961. The van der Waals surface area contributed by atoms with E-state index in [9.17, 15) is 9.59 Å². The van der Waals surface area contributed by atoms with Gasteiger partial charge in [0.25, 0.3) is 0 Å². The second-order valence-corrected chi connectivity index (χ2v) is 5.89. The van der Waals surface area contributed by atoms with Crippen LogP contribution in [0.4, 0.5) is 4.79 Å². The Morgan fingerprint density at radius 1 is 1.15 bits per heavy atom. The Morgan fingerprint density at radius 3 is 2.50 bits per heavy atom. The lowest BCUT2D eigenvalue weighted by atomic mass is 10.2. The number of hydrogen-bond donors (Lipinski definition) is 0. The first kappa shape index (κ1) is 19.8. The molecule has 2 rings (SSSR count). The van der Waals surface area contributed by atoms with Crippen molar-refractivity contribution in [2.75, 3.05) is 46.4 Å². The fourth-order valence-electron chi connectivity index (χ4n) is 2.69. The SMILES string of the molecule is CCOC(=O)N1CCN(CC=Cc2ccc(OC(C)=O)c(OC)c2)CC1. The number of esters is 1. The molecule has 26 heavy (non-hydrogen) atoms. The summed E-state index contributed by atoms with van der Waals surface area (Å²) in [4.78, 5) is 26.8. The average molecular weight is 362 g/mol. The molecule has 0 aliphatic carbocycles. The number of rotatable bonds is 6. The van der Waals surface area contributed by atoms with Crippen molar-refractivity contribution in [3.05, 3.63) is 29.8 Å². The van der Waals surface area contributed by atoms with Crippen molar-refractivity contribution in [3.8, 4) is 11.5 Å². The van der Waals surface area contributed by atoms with Gasteiger partial charge in [0.05, 0.1) is 13.7 Å². The van der Waals surface area contributed by atoms with Crippen LogP contribution in [-0.2, 0) is 9.53 Å². The quantitative estimate of drug-likeness (QED) is 0.572. The highest BCUT2D eigenvalue weighted by molar-refractivity contribution is 5.71. The third-order valence-electron chi connectivity index (χ3n) is 4.01. The van der Waals surface area contributed by atoms with E-state index in [0.717, 1.165) is 25.2 Å². The van der Waals surface area contributed by atoms with Crippen LogP contribution >= 0.6 is 0 Å². The number of benzene rings is 1. The van der Waals surface area contributed by atoms with E-state index in [1.807, 2.05) is 25.1 Å². The van der Waals surface area contributed by atoms with Crippen LogP contribution in [0.2, 0.25) is 0 Å². The molecule has 7 nitrogen and oxygen atoms in total. The van der Waals surface area contributed by atoms with Crippen LogP contribution in [0, 0.1) is 0 Å². The van der Waals surface area contributed by atoms with Crippen LogP contribution in [0.3, 0.4) is 0 Å². The van der Waals surface area contributed by atoms with Gasteiger partial charge < -0.3 is 19.1 Å². The van der Waals surface area contributed by atoms with Crippen molar-refractivity contribution >= 4 is 18.1 Å². The summed E-state index contributed by atoms with van der Waals surface area (Å²) in [6.45, 7) is 7.36. The van der Waals surface area contributed by atoms with Gasteiger partial charge in [-0.25, -0.2) is 4.79 Å². The zero-order valence-electron chi connectivity index (χ0n) is 15.6. The molecule has 1 aliphatic rings. The number of piperazine rings is 1. The van der Waals surface area contributed by atoms with Crippen molar-refractivity contribution in [1.29, 1.82) is 0 Å². The molecule has 0 atom stereocenters. The Morgan fingerprint density at radius 2 is 1.88 bits per heavy atom. The Kier molecular flexibility index (Phi) is 7.47. The van der Waals surface area contributed by atoms with E-state index in [2.05, 4.69) is 11.0 Å². The smallest absolute Gasteiger partial charge is 0.409 e. The molecule has 1 fully saturated rings. The van der Waals surface area contributed by atoms with E-state index in [4.69, 9.17) is 14.2 Å². The lowest BCUT2D eigenvalue weighted by Crippen LogP contribution is -2.48. The maximum Gasteiger partial charge on any atom is 0.409 e. The minimum Gasteiger partial charge on any atom is -0.493 e. The van der Waals surface area contributed by atoms with Crippen LogP contribution in [0.5, 0.6) is 11.5 Å². The normalized spacial score (nSPS) is 15.1. The number of hydrogen-bond acceptors (Lipinski definition) is 6. The third-order valence-corrected chi connectivity index (χ3v) is 4.01. The van der Waals surface area contributed by atoms with E-state index in [1.165, 1.54) is 6.92 Å². The molecule has 7 heteroatoms. The highest BCUT2D eigenvalue weighted by atomic mass is 16.6. The largest absolute Gasteiger partial charge is 0.493 e. The molecule has 0 spiro atoms. The van der Waals surface area contributed by atoms with Gasteiger partial charge in [-0.3, -0.25) is 9.69 Å². The maximum absolute atomic E-state index is 11.7. The molecule has 1 aliphatic heterocycles. The van der Waals surface area contributed by atoms with Crippen molar-refractivity contribution in [3.63, 3.8) is 0 Å². The van der Waals surface area contributed by atoms with Gasteiger partial charge in [0, 0.05) is 39.6 Å². The van der Waals surface area contributed by atoms with E-state index in [1.54, 1.807) is 18.1 Å². The van der Waals surface area contributed by atoms with Crippen LogP contribution < -0.4 is 9.47 Å². The molecular weight excluding hydrogens is 336 g/mol. The number of carbonyl (C=O) groups excluding carboxylic acids is 2. The minimum atomic E-state index is -0.381. The van der Waals surface area contributed by atoms with E-state index in [0.29, 0.717) is 31.2 Å². The highest BCUT2D eigenvalue weighted by Crippen LogP contribution is 2.28. The van der Waals surface area contributed by atoms with Gasteiger partial charge in [0.15, 0.2) is 11.5 Å². The molecule has 0 unspecified atom stereocenters. The molecule has 1 amide bonds. The van der Waals surface area contributed by atoms with Crippen molar-refractivity contribution in [1.82, 2.24) is 9.80 Å². The van der Waals surface area contributed by atoms with Crippen LogP contribution in [0.15, 0.2) is 24.3 Å². The van der Waals surface area contributed by atoms with Gasteiger partial charge in [0.1, 0.15) is 0 Å². The van der Waals surface area contributed by atoms with Crippen LogP contribution in [0.1, 0.15) is 19.4 Å². The van der Waals surface area contributed by atoms with Crippen molar-refractivity contribution in [2.24, 2.45) is 0 Å². The Balaban J connectivity index is 1.85. The summed E-state index contributed by atoms with van der Waals surface area (Å²) in [5.74, 6) is 0.547. The second kappa shape index (κ2) is 9.82. The molecule has 0 saturated carbocycles. The zero-order chi connectivity index (χ0) is 18.9. The Bertz CT molecular complexity index is 651. The molecule has 142 valence electrons. The number of methoxy groups -OCH3 is 1. The van der Waals surface area contributed by atoms with E-state index < -0.39 is 0 Å². The average Bonchev–Trinajstić information content (AvgIpc) is 2.63. The minimum absolute atomic E-state index is 0.234. The lowest BCUT2D eigenvalue weighted by Gasteiger charge is -2.33. The first-order valence-electron chi connectivity index (χ1n) is 8.70. The topological polar surface area (TPSA) is 68.3 Å². The molecule has 1 saturated heterocycles. The zero-order valence-corrected chi connectivity index (χ0v) is 15.6. The molecule has 0 N–H and O–H groups in total. The van der Waals surface area contributed by atoms with E-state index >= 15 is 0 Å². The van der Waals surface area contributed by atoms with Gasteiger partial charge in [-0.15, -0.1) is 0 Å². The van der Waals surface area contributed by atoms with Gasteiger partial charge in [-0.1, -0.05) is 18.2 Å². The van der Waals surface area contributed by atoms with Crippen molar-refractivity contribution in [2.45, 2.75) is 13.8 Å². The predicted molar refractivity (Wildman–Crippen MR) is 98.4 cm³/mol. The second-order valence-electron chi connectivity index (χ2n) is 5.89. The summed E-state index contributed by atoms with van der Waals surface area (Å²) >= 11 is 0. The molecule has 0 bridgehead atoms. The monoisotopic (exact) mass is 362 g/mol. The number of ether oxygens (including phenoxy) is 3. The lowest BCUT2D eigenvalue weighted by molar-refractivity contribution is -0.132. The number of carbonyl (C=O) groups is 2. The molecule has 1 aromatic rings. The Hall–Kier alpha value is -2.54. The standard InChI is InChI=1S/C19H26N2O5/c1-4-25-19(23)21-12-10-20(11-13-21)9-5-6-16-7-8-17(26-15(2)22)18(14-16)24-3/h5-8,14H,4,9-13H2,1-3H3. The summed E-state index contributed by atoms with van der Waals surface area (Å²) in [7, 11) is 1.54. The van der Waals surface area contributed by atoms with E-state index in [-0.39, 0.29) is 12.1 Å². The molecular formula is C19H26N2O5. The van der Waals surface area contributed by atoms with Gasteiger partial charge in [-0.2, -0.15) is 0 Å². The first-order chi connectivity index (χ1) is 12.5. The van der Waals surface area contributed by atoms with Gasteiger partial charge >= 0.3 is 12.1 Å². The van der Waals surface area contributed by atoms with Crippen molar-refractivity contribution < 1.29 is 23.8 Å². The first-order valence-corrected chi connectivity index (χ1v) is 8.70. The maximum atomic E-state index is 11.7. The fraction of sp³-hybridized carbons (Fsp3) is 0.474. The summed E-state index contributed by atoms with van der Waals surface area (Å²) in [6, 6.07) is 5.42. The molecule has 1 aromatic carbocycles.